The molecule has 0 radical (unpaired) electrons. The number of anilines is 1. The summed E-state index contributed by atoms with van der Waals surface area (Å²) in [5.41, 5.74) is -0.0800. The molecule has 3 rings (SSSR count). The Morgan fingerprint density at radius 3 is 2.35 bits per heavy atom. The van der Waals surface area contributed by atoms with E-state index in [4.69, 9.17) is 0 Å². The molecule has 1 fully saturated rings. The zero-order valence-electron chi connectivity index (χ0n) is 12.4. The van der Waals surface area contributed by atoms with Crippen LogP contribution >= 0.6 is 15.9 Å². The van der Waals surface area contributed by atoms with Crippen molar-refractivity contribution >= 4 is 21.7 Å². The Hall–Kier alpha value is -1.56. The van der Waals surface area contributed by atoms with Gasteiger partial charge in [0.2, 0.25) is 0 Å². The topological polar surface area (TPSA) is 16.1 Å². The summed E-state index contributed by atoms with van der Waals surface area (Å²) in [4.78, 5) is 6.48. The predicted molar refractivity (Wildman–Crippen MR) is 87.6 cm³/mol. The Morgan fingerprint density at radius 2 is 1.74 bits per heavy atom. The van der Waals surface area contributed by atoms with Crippen LogP contribution in [0.1, 0.15) is 29.9 Å². The van der Waals surface area contributed by atoms with Gasteiger partial charge in [-0.3, -0.25) is 0 Å². The number of pyridine rings is 1. The molecule has 0 aliphatic carbocycles. The van der Waals surface area contributed by atoms with Gasteiger partial charge in [-0.25, -0.2) is 4.98 Å². The molecule has 1 aromatic carbocycles. The van der Waals surface area contributed by atoms with Crippen LogP contribution in [0.4, 0.5) is 19.0 Å². The Morgan fingerprint density at radius 1 is 1.04 bits per heavy atom. The second kappa shape index (κ2) is 6.51. The van der Waals surface area contributed by atoms with Crippen molar-refractivity contribution in [3.8, 4) is 0 Å². The van der Waals surface area contributed by atoms with E-state index in [1.807, 2.05) is 12.1 Å². The third-order valence-electron chi connectivity index (χ3n) is 4.24. The molecule has 2 heterocycles. The van der Waals surface area contributed by atoms with Crippen LogP contribution in [0.25, 0.3) is 0 Å². The predicted octanol–water partition coefficient (Wildman–Crippen LogP) is 5.25. The molecule has 1 aliphatic heterocycles. The summed E-state index contributed by atoms with van der Waals surface area (Å²) in [6.45, 7) is 1.43. The van der Waals surface area contributed by atoms with Crippen molar-refractivity contribution in [3.05, 3.63) is 58.2 Å². The van der Waals surface area contributed by atoms with Crippen LogP contribution in [-0.2, 0) is 6.18 Å². The molecule has 23 heavy (non-hydrogen) atoms. The van der Waals surface area contributed by atoms with Gasteiger partial charge in [0.25, 0.3) is 0 Å². The van der Waals surface area contributed by atoms with Gasteiger partial charge < -0.3 is 4.90 Å². The monoisotopic (exact) mass is 384 g/mol. The van der Waals surface area contributed by atoms with Crippen LogP contribution in [0.2, 0.25) is 0 Å². The Balaban J connectivity index is 1.74. The van der Waals surface area contributed by atoms with E-state index in [-0.39, 0.29) is 5.92 Å². The van der Waals surface area contributed by atoms with Crippen molar-refractivity contribution in [2.45, 2.75) is 24.9 Å². The van der Waals surface area contributed by atoms with Gasteiger partial charge in [0.05, 0.1) is 5.56 Å². The lowest BCUT2D eigenvalue weighted by Crippen LogP contribution is -2.34. The minimum absolute atomic E-state index is 0.0560. The van der Waals surface area contributed by atoms with Gasteiger partial charge in [-0.1, -0.05) is 18.2 Å². The number of nitrogens with zero attached hydrogens (tertiary/aromatic N) is 2. The van der Waals surface area contributed by atoms with Crippen LogP contribution in [0.15, 0.2) is 47.1 Å². The molecule has 0 spiro atoms. The van der Waals surface area contributed by atoms with Gasteiger partial charge in [0.1, 0.15) is 5.82 Å². The molecule has 0 N–H and O–H groups in total. The van der Waals surface area contributed by atoms with E-state index < -0.39 is 11.7 Å². The van der Waals surface area contributed by atoms with Crippen molar-refractivity contribution in [2.75, 3.05) is 18.0 Å². The van der Waals surface area contributed by atoms with Crippen molar-refractivity contribution in [1.29, 1.82) is 0 Å². The lowest BCUT2D eigenvalue weighted by Gasteiger charge is -2.34. The quantitative estimate of drug-likeness (QED) is 0.702. The minimum atomic E-state index is -4.29. The number of hydrogen-bond donors (Lipinski definition) is 0. The molecule has 6 heteroatoms. The summed E-state index contributed by atoms with van der Waals surface area (Å²) in [6.07, 6.45) is -1.16. The van der Waals surface area contributed by atoms with E-state index in [2.05, 4.69) is 25.8 Å². The number of halogens is 4. The molecule has 1 aromatic heterocycles. The highest BCUT2D eigenvalue weighted by Crippen LogP contribution is 2.39. The van der Waals surface area contributed by atoms with Crippen LogP contribution in [0.3, 0.4) is 0 Å². The maximum atomic E-state index is 13.2. The first-order valence-electron chi connectivity index (χ1n) is 7.48. The average Bonchev–Trinajstić information content (AvgIpc) is 2.55. The number of rotatable bonds is 2. The van der Waals surface area contributed by atoms with Crippen LogP contribution in [-0.4, -0.2) is 18.1 Å². The summed E-state index contributed by atoms with van der Waals surface area (Å²) in [7, 11) is 0. The maximum Gasteiger partial charge on any atom is 0.416 e. The van der Waals surface area contributed by atoms with Crippen molar-refractivity contribution in [1.82, 2.24) is 4.98 Å². The van der Waals surface area contributed by atoms with E-state index in [0.29, 0.717) is 31.5 Å². The number of aromatic nitrogens is 1. The first-order chi connectivity index (χ1) is 10.9. The number of piperidine rings is 1. The minimum Gasteiger partial charge on any atom is -0.357 e. The molecule has 0 unspecified atom stereocenters. The van der Waals surface area contributed by atoms with Gasteiger partial charge in [-0.15, -0.1) is 0 Å². The van der Waals surface area contributed by atoms with E-state index in [1.54, 1.807) is 18.3 Å². The Labute approximate surface area is 141 Å². The fraction of sp³-hybridized carbons (Fsp3) is 0.353. The molecule has 122 valence electrons. The second-order valence-corrected chi connectivity index (χ2v) is 6.60. The van der Waals surface area contributed by atoms with Crippen molar-refractivity contribution in [3.63, 3.8) is 0 Å². The first-order valence-corrected chi connectivity index (χ1v) is 8.27. The third kappa shape index (κ3) is 3.68. The fourth-order valence-electron chi connectivity index (χ4n) is 3.09. The van der Waals surface area contributed by atoms with Crippen LogP contribution in [0.5, 0.6) is 0 Å². The summed E-state index contributed by atoms with van der Waals surface area (Å²) < 4.78 is 40.4. The highest BCUT2D eigenvalue weighted by Gasteiger charge is 2.35. The summed E-state index contributed by atoms with van der Waals surface area (Å²) in [5.74, 6) is 0.815. The van der Waals surface area contributed by atoms with Gasteiger partial charge in [-0.2, -0.15) is 13.2 Å². The standard InChI is InChI=1S/C17H16BrF3N2/c18-13-5-6-16(22-11-13)23-9-7-12(8-10-23)14-3-1-2-4-15(14)17(19,20)21/h1-6,11-12H,7-10H2. The molecule has 0 amide bonds. The van der Waals surface area contributed by atoms with Gasteiger partial charge in [0.15, 0.2) is 0 Å². The van der Waals surface area contributed by atoms with Crippen molar-refractivity contribution in [2.24, 2.45) is 0 Å². The lowest BCUT2D eigenvalue weighted by atomic mass is 9.86. The molecule has 1 saturated heterocycles. The second-order valence-electron chi connectivity index (χ2n) is 5.68. The average molecular weight is 385 g/mol. The van der Waals surface area contributed by atoms with E-state index >= 15 is 0 Å². The largest absolute Gasteiger partial charge is 0.416 e. The van der Waals surface area contributed by atoms with Crippen molar-refractivity contribution < 1.29 is 13.2 Å². The SMILES string of the molecule is FC(F)(F)c1ccccc1C1CCN(c2ccc(Br)cn2)CC1. The van der Waals surface area contributed by atoms with E-state index in [1.165, 1.54) is 12.1 Å². The van der Waals surface area contributed by atoms with E-state index in [0.717, 1.165) is 10.3 Å². The molecule has 0 saturated carbocycles. The molecule has 0 bridgehead atoms. The lowest BCUT2D eigenvalue weighted by molar-refractivity contribution is -0.138. The van der Waals surface area contributed by atoms with Gasteiger partial charge in [-0.05, 0) is 58.5 Å². The maximum absolute atomic E-state index is 13.2. The van der Waals surface area contributed by atoms with Crippen LogP contribution < -0.4 is 4.90 Å². The molecule has 2 aromatic rings. The van der Waals surface area contributed by atoms with Crippen LogP contribution in [0, 0.1) is 0 Å². The van der Waals surface area contributed by atoms with Gasteiger partial charge in [0, 0.05) is 23.8 Å². The molecular weight excluding hydrogens is 369 g/mol. The molecule has 1 aliphatic rings. The van der Waals surface area contributed by atoms with Gasteiger partial charge >= 0.3 is 6.18 Å². The zero-order chi connectivity index (χ0) is 16.4. The normalized spacial score (nSPS) is 16.6. The highest BCUT2D eigenvalue weighted by molar-refractivity contribution is 9.10. The fourth-order valence-corrected chi connectivity index (χ4v) is 3.32. The summed E-state index contributed by atoms with van der Waals surface area (Å²) >= 11 is 3.35. The Kier molecular flexibility index (Phi) is 4.62. The summed E-state index contributed by atoms with van der Waals surface area (Å²) in [5, 5.41) is 0. The number of alkyl halides is 3. The Bertz CT molecular complexity index is 662. The zero-order valence-corrected chi connectivity index (χ0v) is 13.9. The highest BCUT2D eigenvalue weighted by atomic mass is 79.9. The number of hydrogen-bond acceptors (Lipinski definition) is 2. The molecule has 2 nitrogen and oxygen atoms in total. The smallest absolute Gasteiger partial charge is 0.357 e. The summed E-state index contributed by atoms with van der Waals surface area (Å²) in [6, 6.07) is 9.78. The first kappa shape index (κ1) is 16.3. The third-order valence-corrected chi connectivity index (χ3v) is 4.71. The molecule has 0 atom stereocenters. The van der Waals surface area contributed by atoms with E-state index in [9.17, 15) is 13.2 Å². The molecular formula is C17H16BrF3N2. The number of benzene rings is 1.